The van der Waals surface area contributed by atoms with Gasteiger partial charge in [-0.25, -0.2) is 0 Å². The van der Waals surface area contributed by atoms with Crippen LogP contribution in [-0.4, -0.2) is 24.5 Å². The molecule has 2 rings (SSSR count). The lowest BCUT2D eigenvalue weighted by atomic mass is 10.2. The van der Waals surface area contributed by atoms with Gasteiger partial charge in [0.15, 0.2) is 0 Å². The van der Waals surface area contributed by atoms with Crippen LogP contribution in [0, 0.1) is 10.5 Å². The number of nitrogens with one attached hydrogen (secondary N) is 2. The van der Waals surface area contributed by atoms with Gasteiger partial charge in [-0.05, 0) is 85.3 Å². The molecular weight excluding hydrogens is 431 g/mol. The number of carbonyl (C=O) groups is 2. The fourth-order valence-electron chi connectivity index (χ4n) is 2.10. The van der Waals surface area contributed by atoms with E-state index < -0.39 is 0 Å². The van der Waals surface area contributed by atoms with Crippen molar-refractivity contribution in [1.82, 2.24) is 5.32 Å². The first-order valence-corrected chi connectivity index (χ1v) is 9.04. The van der Waals surface area contributed by atoms with E-state index >= 15 is 0 Å². The topological polar surface area (TPSA) is 67.4 Å². The number of ether oxygens (including phenoxy) is 1. The predicted octanol–water partition coefficient (Wildman–Crippen LogP) is 3.76. The van der Waals surface area contributed by atoms with E-state index in [2.05, 4.69) is 33.2 Å². The summed E-state index contributed by atoms with van der Waals surface area (Å²) >= 11 is 2.21. The minimum Gasteiger partial charge on any atom is -0.491 e. The van der Waals surface area contributed by atoms with E-state index in [9.17, 15) is 9.59 Å². The summed E-state index contributed by atoms with van der Waals surface area (Å²) < 4.78 is 6.61. The van der Waals surface area contributed by atoms with Crippen LogP contribution < -0.4 is 15.4 Å². The smallest absolute Gasteiger partial charge is 0.251 e. The van der Waals surface area contributed by atoms with Gasteiger partial charge in [0.1, 0.15) is 5.75 Å². The molecule has 0 saturated heterocycles. The van der Waals surface area contributed by atoms with Crippen LogP contribution in [0.2, 0.25) is 0 Å². The van der Waals surface area contributed by atoms with Crippen molar-refractivity contribution in [2.75, 3.05) is 11.9 Å². The Morgan fingerprint density at radius 1 is 1.12 bits per heavy atom. The molecule has 2 aromatic carbocycles. The summed E-state index contributed by atoms with van der Waals surface area (Å²) in [7, 11) is 0. The van der Waals surface area contributed by atoms with Crippen molar-refractivity contribution in [3.05, 3.63) is 57.2 Å². The monoisotopic (exact) mass is 452 g/mol. The van der Waals surface area contributed by atoms with Crippen molar-refractivity contribution >= 4 is 40.1 Å². The van der Waals surface area contributed by atoms with E-state index in [1.54, 1.807) is 24.3 Å². The molecule has 0 bridgehead atoms. The number of hydrogen-bond donors (Lipinski definition) is 2. The number of halogens is 1. The van der Waals surface area contributed by atoms with E-state index in [4.69, 9.17) is 4.74 Å². The van der Waals surface area contributed by atoms with E-state index in [1.807, 2.05) is 39.0 Å². The highest BCUT2D eigenvalue weighted by Gasteiger charge is 2.09. The van der Waals surface area contributed by atoms with Crippen molar-refractivity contribution in [1.29, 1.82) is 0 Å². The molecule has 0 aliphatic carbocycles. The summed E-state index contributed by atoms with van der Waals surface area (Å²) in [5, 5.41) is 5.38. The van der Waals surface area contributed by atoms with Crippen LogP contribution in [0.15, 0.2) is 42.5 Å². The fraction of sp³-hybridized carbons (Fsp3) is 0.263. The lowest BCUT2D eigenvalue weighted by molar-refractivity contribution is -0.115. The number of benzene rings is 2. The second kappa shape index (κ2) is 8.84. The summed E-state index contributed by atoms with van der Waals surface area (Å²) in [4.78, 5) is 24.1. The Morgan fingerprint density at radius 2 is 1.80 bits per heavy atom. The third-order valence-electron chi connectivity index (χ3n) is 3.35. The molecule has 0 aliphatic rings. The normalized spacial score (nSPS) is 10.4. The Balaban J connectivity index is 1.86. The van der Waals surface area contributed by atoms with Gasteiger partial charge < -0.3 is 15.4 Å². The van der Waals surface area contributed by atoms with Crippen molar-refractivity contribution < 1.29 is 14.3 Å². The highest BCUT2D eigenvalue weighted by Crippen LogP contribution is 2.17. The maximum Gasteiger partial charge on any atom is 0.251 e. The molecule has 0 atom stereocenters. The quantitative estimate of drug-likeness (QED) is 0.657. The first-order valence-electron chi connectivity index (χ1n) is 7.96. The predicted molar refractivity (Wildman–Crippen MR) is 107 cm³/mol. The fourth-order valence-corrected chi connectivity index (χ4v) is 2.61. The van der Waals surface area contributed by atoms with Crippen LogP contribution in [0.25, 0.3) is 0 Å². The Hall–Kier alpha value is -2.09. The summed E-state index contributed by atoms with van der Waals surface area (Å²) in [6.07, 6.45) is 0.0770. The Labute approximate surface area is 161 Å². The van der Waals surface area contributed by atoms with Crippen molar-refractivity contribution in [2.24, 2.45) is 0 Å². The summed E-state index contributed by atoms with van der Waals surface area (Å²) in [6, 6.07) is 12.5. The van der Waals surface area contributed by atoms with Gasteiger partial charge >= 0.3 is 0 Å². The highest BCUT2D eigenvalue weighted by molar-refractivity contribution is 14.1. The molecule has 25 heavy (non-hydrogen) atoms. The first kappa shape index (κ1) is 19.2. The van der Waals surface area contributed by atoms with Gasteiger partial charge in [-0.15, -0.1) is 0 Å². The number of carbonyl (C=O) groups excluding carboxylic acids is 2. The third kappa shape index (κ3) is 6.04. The van der Waals surface area contributed by atoms with Crippen LogP contribution >= 0.6 is 22.6 Å². The molecule has 0 radical (unpaired) electrons. The highest BCUT2D eigenvalue weighted by atomic mass is 127. The summed E-state index contributed by atoms with van der Waals surface area (Å²) in [5.74, 6) is 0.135. The lowest BCUT2D eigenvalue weighted by Crippen LogP contribution is -2.32. The second-order valence-corrected chi connectivity index (χ2v) is 7.05. The minimum absolute atomic E-state index is 0.0770. The number of hydrogen-bond acceptors (Lipinski definition) is 3. The zero-order valence-electron chi connectivity index (χ0n) is 14.4. The maximum absolute atomic E-state index is 12.1. The van der Waals surface area contributed by atoms with Gasteiger partial charge in [0, 0.05) is 14.8 Å². The largest absolute Gasteiger partial charge is 0.491 e. The zero-order chi connectivity index (χ0) is 18.4. The molecule has 2 aromatic rings. The molecular formula is C19H21IN2O3. The maximum atomic E-state index is 12.1. The van der Waals surface area contributed by atoms with Gasteiger partial charge in [-0.1, -0.05) is 6.07 Å². The molecule has 0 spiro atoms. The van der Waals surface area contributed by atoms with Gasteiger partial charge in [-0.3, -0.25) is 9.59 Å². The third-order valence-corrected chi connectivity index (χ3v) is 4.52. The molecule has 5 nitrogen and oxygen atoms in total. The Morgan fingerprint density at radius 3 is 2.40 bits per heavy atom. The van der Waals surface area contributed by atoms with Crippen LogP contribution in [0.5, 0.6) is 5.75 Å². The van der Waals surface area contributed by atoms with Crippen LogP contribution in [0.1, 0.15) is 29.8 Å². The van der Waals surface area contributed by atoms with Crippen LogP contribution in [-0.2, 0) is 4.79 Å². The Bertz CT molecular complexity index is 758. The van der Waals surface area contributed by atoms with E-state index in [0.29, 0.717) is 17.0 Å². The molecule has 0 fully saturated rings. The van der Waals surface area contributed by atoms with Gasteiger partial charge in [0.2, 0.25) is 5.91 Å². The molecule has 2 N–H and O–H groups in total. The Kier molecular flexibility index (Phi) is 6.81. The van der Waals surface area contributed by atoms with Crippen molar-refractivity contribution in [2.45, 2.75) is 26.9 Å². The molecule has 0 heterocycles. The molecule has 2 amide bonds. The summed E-state index contributed by atoms with van der Waals surface area (Å²) in [5.41, 5.74) is 2.34. The number of aryl methyl sites for hydroxylation is 1. The molecule has 132 valence electrons. The van der Waals surface area contributed by atoms with Crippen molar-refractivity contribution in [3.63, 3.8) is 0 Å². The molecule has 0 unspecified atom stereocenters. The van der Waals surface area contributed by atoms with Gasteiger partial charge in [0.25, 0.3) is 5.91 Å². The molecule has 0 saturated carbocycles. The van der Waals surface area contributed by atoms with E-state index in [-0.39, 0.29) is 24.5 Å². The average molecular weight is 452 g/mol. The van der Waals surface area contributed by atoms with Crippen molar-refractivity contribution in [3.8, 4) is 5.75 Å². The average Bonchev–Trinajstić information content (AvgIpc) is 2.56. The van der Waals surface area contributed by atoms with Gasteiger partial charge in [-0.2, -0.15) is 0 Å². The molecule has 0 aromatic heterocycles. The zero-order valence-corrected chi connectivity index (χ0v) is 16.6. The summed E-state index contributed by atoms with van der Waals surface area (Å²) in [6.45, 7) is 5.79. The van der Waals surface area contributed by atoms with E-state index in [1.165, 1.54) is 0 Å². The molecule has 0 aliphatic heterocycles. The number of anilines is 1. The molecule has 6 heteroatoms. The number of rotatable bonds is 6. The first-order chi connectivity index (χ1) is 11.8. The SMILES string of the molecule is Cc1ccc(NC(=O)CNC(=O)c2ccc(OC(C)C)cc2)cc1I. The van der Waals surface area contributed by atoms with E-state index in [0.717, 1.165) is 9.13 Å². The van der Waals surface area contributed by atoms with Crippen LogP contribution in [0.4, 0.5) is 5.69 Å². The van der Waals surface area contributed by atoms with Crippen LogP contribution in [0.3, 0.4) is 0 Å². The number of amides is 2. The lowest BCUT2D eigenvalue weighted by Gasteiger charge is -2.10. The second-order valence-electron chi connectivity index (χ2n) is 5.89. The van der Waals surface area contributed by atoms with Gasteiger partial charge in [0.05, 0.1) is 12.6 Å². The standard InChI is InChI=1S/C19H21IN2O3/c1-12(2)25-16-8-5-14(6-9-16)19(24)21-11-18(23)22-15-7-4-13(3)17(20)10-15/h4-10,12H,11H2,1-3H3,(H,21,24)(H,22,23). The minimum atomic E-state index is -0.301.